The standard InChI is InChI=1S/C19H25NO3/c1-13(2)9-12-20-17(21)15-8-4-3-7-14(15)16(18(22)23)19(20)10-5-6-11-19/h3-4,7-8,13,16H,5-6,9-12H2,1-2H3,(H,22,23). The number of benzene rings is 1. The van der Waals surface area contributed by atoms with E-state index in [0.717, 1.165) is 32.1 Å². The van der Waals surface area contributed by atoms with Crippen LogP contribution in [0.1, 0.15) is 67.8 Å². The van der Waals surface area contributed by atoms with Crippen molar-refractivity contribution >= 4 is 11.9 Å². The van der Waals surface area contributed by atoms with Gasteiger partial charge >= 0.3 is 5.97 Å². The molecule has 1 aromatic rings. The number of carboxylic acids is 1. The van der Waals surface area contributed by atoms with Crippen molar-refractivity contribution in [2.75, 3.05) is 6.54 Å². The third-order valence-electron chi connectivity index (χ3n) is 5.47. The normalized spacial score (nSPS) is 22.7. The van der Waals surface area contributed by atoms with Crippen LogP contribution in [0.4, 0.5) is 0 Å². The van der Waals surface area contributed by atoms with E-state index in [2.05, 4.69) is 13.8 Å². The molecule has 0 radical (unpaired) electrons. The Morgan fingerprint density at radius 2 is 1.96 bits per heavy atom. The number of hydrogen-bond acceptors (Lipinski definition) is 2. The first-order valence-electron chi connectivity index (χ1n) is 8.61. The van der Waals surface area contributed by atoms with Gasteiger partial charge in [-0.05, 0) is 36.8 Å². The Labute approximate surface area is 137 Å². The van der Waals surface area contributed by atoms with Crippen molar-refractivity contribution in [2.24, 2.45) is 5.92 Å². The van der Waals surface area contributed by atoms with Gasteiger partial charge in [0.05, 0.1) is 5.54 Å². The summed E-state index contributed by atoms with van der Waals surface area (Å²) in [6.45, 7) is 4.92. The molecule has 1 amide bonds. The highest BCUT2D eigenvalue weighted by atomic mass is 16.4. The van der Waals surface area contributed by atoms with Crippen LogP contribution in [0.25, 0.3) is 0 Å². The maximum atomic E-state index is 13.1. The molecule has 4 nitrogen and oxygen atoms in total. The summed E-state index contributed by atoms with van der Waals surface area (Å²) >= 11 is 0. The molecule has 1 unspecified atom stereocenters. The smallest absolute Gasteiger partial charge is 0.313 e. The summed E-state index contributed by atoms with van der Waals surface area (Å²) in [5.41, 5.74) is 0.737. The molecule has 1 spiro atoms. The number of carbonyl (C=O) groups excluding carboxylic acids is 1. The maximum Gasteiger partial charge on any atom is 0.313 e. The Morgan fingerprint density at radius 1 is 1.30 bits per heavy atom. The van der Waals surface area contributed by atoms with Crippen LogP contribution < -0.4 is 0 Å². The molecule has 1 atom stereocenters. The first-order valence-corrected chi connectivity index (χ1v) is 8.61. The summed E-state index contributed by atoms with van der Waals surface area (Å²) < 4.78 is 0. The monoisotopic (exact) mass is 315 g/mol. The Kier molecular flexibility index (Phi) is 4.17. The topological polar surface area (TPSA) is 57.6 Å². The fourth-order valence-corrected chi connectivity index (χ4v) is 4.36. The quantitative estimate of drug-likeness (QED) is 0.922. The van der Waals surface area contributed by atoms with E-state index >= 15 is 0 Å². The molecule has 4 heteroatoms. The fraction of sp³-hybridized carbons (Fsp3) is 0.579. The lowest BCUT2D eigenvalue weighted by atomic mass is 9.71. The molecule has 3 rings (SSSR count). The molecule has 1 saturated carbocycles. The van der Waals surface area contributed by atoms with Crippen molar-refractivity contribution in [3.8, 4) is 0 Å². The number of amides is 1. The van der Waals surface area contributed by atoms with Gasteiger partial charge in [-0.3, -0.25) is 9.59 Å². The van der Waals surface area contributed by atoms with Crippen LogP contribution in [0.15, 0.2) is 24.3 Å². The third-order valence-corrected chi connectivity index (χ3v) is 5.47. The van der Waals surface area contributed by atoms with Crippen LogP contribution in [0, 0.1) is 5.92 Å². The SMILES string of the molecule is CC(C)CCN1C(=O)c2ccccc2C(C(=O)O)C12CCCC2. The van der Waals surface area contributed by atoms with Gasteiger partial charge in [0.25, 0.3) is 5.91 Å². The molecule has 2 aliphatic rings. The Hall–Kier alpha value is -1.84. The zero-order chi connectivity index (χ0) is 16.6. The molecule has 0 aromatic heterocycles. The second kappa shape index (κ2) is 5.99. The van der Waals surface area contributed by atoms with Gasteiger partial charge in [-0.1, -0.05) is 44.9 Å². The van der Waals surface area contributed by atoms with E-state index in [0.29, 0.717) is 23.6 Å². The first kappa shape index (κ1) is 16.0. The summed E-state index contributed by atoms with van der Waals surface area (Å²) in [5, 5.41) is 9.95. The molecular weight excluding hydrogens is 290 g/mol. The van der Waals surface area contributed by atoms with Crippen molar-refractivity contribution in [3.05, 3.63) is 35.4 Å². The number of carboxylic acid groups (broad SMARTS) is 1. The molecular formula is C19H25NO3. The molecule has 1 aliphatic heterocycles. The molecule has 1 fully saturated rings. The highest BCUT2D eigenvalue weighted by Crippen LogP contribution is 2.50. The fourth-order valence-electron chi connectivity index (χ4n) is 4.36. The second-order valence-electron chi connectivity index (χ2n) is 7.31. The van der Waals surface area contributed by atoms with Gasteiger partial charge in [-0.2, -0.15) is 0 Å². The predicted molar refractivity (Wildman–Crippen MR) is 88.5 cm³/mol. The van der Waals surface area contributed by atoms with E-state index in [4.69, 9.17) is 0 Å². The van der Waals surface area contributed by atoms with Crippen LogP contribution in [0.3, 0.4) is 0 Å². The van der Waals surface area contributed by atoms with E-state index in [9.17, 15) is 14.7 Å². The minimum atomic E-state index is -0.804. The molecule has 1 aromatic carbocycles. The van der Waals surface area contributed by atoms with Crippen molar-refractivity contribution < 1.29 is 14.7 Å². The lowest BCUT2D eigenvalue weighted by Gasteiger charge is -2.49. The lowest BCUT2D eigenvalue weighted by Crippen LogP contribution is -2.59. The Morgan fingerprint density at radius 3 is 2.57 bits per heavy atom. The van der Waals surface area contributed by atoms with Gasteiger partial charge in [0, 0.05) is 12.1 Å². The van der Waals surface area contributed by atoms with Gasteiger partial charge in [0.2, 0.25) is 0 Å². The summed E-state index contributed by atoms with van der Waals surface area (Å²) in [7, 11) is 0. The molecule has 23 heavy (non-hydrogen) atoms. The zero-order valence-electron chi connectivity index (χ0n) is 13.9. The first-order chi connectivity index (χ1) is 11.0. The maximum absolute atomic E-state index is 13.1. The van der Waals surface area contributed by atoms with Crippen molar-refractivity contribution in [3.63, 3.8) is 0 Å². The van der Waals surface area contributed by atoms with Crippen LogP contribution in [0.5, 0.6) is 0 Å². The van der Waals surface area contributed by atoms with Gasteiger partial charge in [0.1, 0.15) is 5.92 Å². The highest BCUT2D eigenvalue weighted by molar-refractivity contribution is 6.01. The number of nitrogens with zero attached hydrogens (tertiary/aromatic N) is 1. The van der Waals surface area contributed by atoms with Crippen molar-refractivity contribution in [1.82, 2.24) is 4.90 Å². The molecule has 124 valence electrons. The minimum absolute atomic E-state index is 0.0145. The van der Waals surface area contributed by atoms with E-state index < -0.39 is 17.4 Å². The van der Waals surface area contributed by atoms with Crippen molar-refractivity contribution in [2.45, 2.75) is 57.4 Å². The van der Waals surface area contributed by atoms with E-state index in [1.54, 1.807) is 6.07 Å². The van der Waals surface area contributed by atoms with Gasteiger partial charge in [-0.15, -0.1) is 0 Å². The molecule has 1 heterocycles. The highest BCUT2D eigenvalue weighted by Gasteiger charge is 2.55. The second-order valence-corrected chi connectivity index (χ2v) is 7.31. The predicted octanol–water partition coefficient (Wildman–Crippen LogP) is 3.67. The van der Waals surface area contributed by atoms with Gasteiger partial charge < -0.3 is 10.0 Å². The average Bonchev–Trinajstić information content (AvgIpc) is 2.96. The van der Waals surface area contributed by atoms with Crippen molar-refractivity contribution in [1.29, 1.82) is 0 Å². The van der Waals surface area contributed by atoms with Gasteiger partial charge in [-0.25, -0.2) is 0 Å². The number of carbonyl (C=O) groups is 2. The summed E-state index contributed by atoms with van der Waals surface area (Å²) in [6, 6.07) is 7.26. The summed E-state index contributed by atoms with van der Waals surface area (Å²) in [4.78, 5) is 27.1. The molecule has 1 aliphatic carbocycles. The zero-order valence-corrected chi connectivity index (χ0v) is 13.9. The summed E-state index contributed by atoms with van der Waals surface area (Å²) in [6.07, 6.45) is 4.49. The molecule has 0 saturated heterocycles. The van der Waals surface area contributed by atoms with E-state index in [1.807, 2.05) is 23.1 Å². The Balaban J connectivity index is 2.11. The lowest BCUT2D eigenvalue weighted by molar-refractivity contribution is -0.143. The third kappa shape index (κ3) is 2.54. The van der Waals surface area contributed by atoms with E-state index in [1.165, 1.54) is 0 Å². The number of aliphatic carboxylic acids is 1. The Bertz CT molecular complexity index is 617. The number of hydrogen-bond donors (Lipinski definition) is 1. The van der Waals surface area contributed by atoms with Crippen LogP contribution >= 0.6 is 0 Å². The van der Waals surface area contributed by atoms with Crippen LogP contribution in [-0.4, -0.2) is 34.0 Å². The largest absolute Gasteiger partial charge is 0.481 e. The molecule has 0 bridgehead atoms. The average molecular weight is 315 g/mol. The van der Waals surface area contributed by atoms with Crippen LogP contribution in [0.2, 0.25) is 0 Å². The number of rotatable bonds is 4. The number of fused-ring (bicyclic) bond motifs is 1. The summed E-state index contributed by atoms with van der Waals surface area (Å²) in [5.74, 6) is -0.908. The van der Waals surface area contributed by atoms with Crippen LogP contribution in [-0.2, 0) is 4.79 Å². The van der Waals surface area contributed by atoms with E-state index in [-0.39, 0.29) is 5.91 Å². The minimum Gasteiger partial charge on any atom is -0.481 e. The van der Waals surface area contributed by atoms with Gasteiger partial charge in [0.15, 0.2) is 0 Å². The molecule has 1 N–H and O–H groups in total.